The maximum atomic E-state index is 12.7. The third kappa shape index (κ3) is 5.49. The zero-order valence-electron chi connectivity index (χ0n) is 16.9. The van der Waals surface area contributed by atoms with Gasteiger partial charge in [-0.05, 0) is 50.2 Å². The van der Waals surface area contributed by atoms with E-state index in [0.29, 0.717) is 37.1 Å². The summed E-state index contributed by atoms with van der Waals surface area (Å²) in [5.74, 6) is 2.07. The summed E-state index contributed by atoms with van der Waals surface area (Å²) in [5, 5.41) is 11.3. The Morgan fingerprint density at radius 3 is 2.40 bits per heavy atom. The lowest BCUT2D eigenvalue weighted by molar-refractivity contribution is 0.317. The van der Waals surface area contributed by atoms with E-state index in [0.717, 1.165) is 0 Å². The number of anilines is 1. The van der Waals surface area contributed by atoms with Crippen LogP contribution in [-0.4, -0.2) is 49.5 Å². The summed E-state index contributed by atoms with van der Waals surface area (Å²) in [6, 6.07) is 12.1. The molecule has 2 heterocycles. The minimum atomic E-state index is -3.75. The lowest BCUT2D eigenvalue weighted by Crippen LogP contribution is -2.29. The van der Waals surface area contributed by atoms with Crippen molar-refractivity contribution >= 4 is 15.8 Å². The van der Waals surface area contributed by atoms with Crippen LogP contribution in [0.4, 0.5) is 5.82 Å². The highest BCUT2D eigenvalue weighted by atomic mass is 32.2. The van der Waals surface area contributed by atoms with Gasteiger partial charge in [-0.3, -0.25) is 0 Å². The van der Waals surface area contributed by atoms with E-state index >= 15 is 0 Å². The molecule has 0 radical (unpaired) electrons. The molecule has 0 atom stereocenters. The number of hydrogen-bond acceptors (Lipinski definition) is 7. The van der Waals surface area contributed by atoms with Crippen LogP contribution in [0.2, 0.25) is 0 Å². The lowest BCUT2D eigenvalue weighted by Gasteiger charge is -2.14. The van der Waals surface area contributed by atoms with Crippen LogP contribution in [-0.2, 0) is 10.0 Å². The van der Waals surface area contributed by atoms with E-state index in [2.05, 4.69) is 20.2 Å². The SMILES string of the molecule is CCOc1ccc(S(=O)(=O)NCCNc2ccc(-n3cccc3)nn2)c(OCC)c1. The summed E-state index contributed by atoms with van der Waals surface area (Å²) >= 11 is 0. The average Bonchev–Trinajstić information content (AvgIpc) is 3.27. The van der Waals surface area contributed by atoms with E-state index in [1.807, 2.05) is 42.1 Å². The van der Waals surface area contributed by atoms with Crippen LogP contribution in [0.25, 0.3) is 5.82 Å². The fraction of sp³-hybridized carbons (Fsp3) is 0.300. The molecule has 0 unspecified atom stereocenters. The van der Waals surface area contributed by atoms with Crippen molar-refractivity contribution in [3.63, 3.8) is 0 Å². The summed E-state index contributed by atoms with van der Waals surface area (Å²) in [5.41, 5.74) is 0. The molecule has 0 bridgehead atoms. The fourth-order valence-corrected chi connectivity index (χ4v) is 3.89. The monoisotopic (exact) mass is 431 g/mol. The van der Waals surface area contributed by atoms with Gasteiger partial charge in [0.05, 0.1) is 13.2 Å². The van der Waals surface area contributed by atoms with Crippen molar-refractivity contribution in [2.45, 2.75) is 18.7 Å². The predicted molar refractivity (Wildman–Crippen MR) is 114 cm³/mol. The number of aromatic nitrogens is 3. The third-order valence-electron chi connectivity index (χ3n) is 4.06. The molecule has 3 rings (SSSR count). The average molecular weight is 432 g/mol. The summed E-state index contributed by atoms with van der Waals surface area (Å²) in [6.45, 7) is 5.00. The highest BCUT2D eigenvalue weighted by molar-refractivity contribution is 7.89. The number of nitrogens with one attached hydrogen (secondary N) is 2. The zero-order valence-corrected chi connectivity index (χ0v) is 17.7. The quantitative estimate of drug-likeness (QED) is 0.449. The first kappa shape index (κ1) is 21.6. The second kappa shape index (κ2) is 10.1. The van der Waals surface area contributed by atoms with Gasteiger partial charge in [-0.2, -0.15) is 0 Å². The predicted octanol–water partition coefficient (Wildman–Crippen LogP) is 2.46. The minimum Gasteiger partial charge on any atom is -0.494 e. The molecule has 0 saturated carbocycles. The Balaban J connectivity index is 1.57. The normalized spacial score (nSPS) is 11.3. The molecular weight excluding hydrogens is 406 g/mol. The Morgan fingerprint density at radius 1 is 0.967 bits per heavy atom. The molecule has 0 aliphatic rings. The molecule has 0 spiro atoms. The standard InChI is InChI=1S/C20H25N5O4S/c1-3-28-16-7-8-18(17(15-16)29-4-2)30(26,27)22-12-11-21-19-9-10-20(24-23-19)25-13-5-6-14-25/h5-10,13-15,22H,3-4,11-12H2,1-2H3,(H,21,23). The second-order valence-corrected chi connectivity index (χ2v) is 7.90. The molecule has 0 amide bonds. The molecule has 30 heavy (non-hydrogen) atoms. The van der Waals surface area contributed by atoms with Crippen molar-refractivity contribution in [2.75, 3.05) is 31.6 Å². The van der Waals surface area contributed by atoms with Gasteiger partial charge >= 0.3 is 0 Å². The van der Waals surface area contributed by atoms with E-state index in [4.69, 9.17) is 9.47 Å². The van der Waals surface area contributed by atoms with Crippen LogP contribution in [0.15, 0.2) is 59.8 Å². The number of nitrogens with zero attached hydrogens (tertiary/aromatic N) is 3. The Bertz CT molecular complexity index is 1040. The Hall–Kier alpha value is -3.11. The molecular formula is C20H25N5O4S. The van der Waals surface area contributed by atoms with Crippen molar-refractivity contribution in [3.8, 4) is 17.3 Å². The van der Waals surface area contributed by atoms with Crippen molar-refractivity contribution in [2.24, 2.45) is 0 Å². The number of hydrogen-bond donors (Lipinski definition) is 2. The van der Waals surface area contributed by atoms with Gasteiger partial charge < -0.3 is 19.4 Å². The lowest BCUT2D eigenvalue weighted by atomic mass is 10.3. The van der Waals surface area contributed by atoms with Crippen LogP contribution in [0, 0.1) is 0 Å². The van der Waals surface area contributed by atoms with E-state index in [1.54, 1.807) is 25.1 Å². The highest BCUT2D eigenvalue weighted by Crippen LogP contribution is 2.28. The number of ether oxygens (including phenoxy) is 2. The smallest absolute Gasteiger partial charge is 0.244 e. The topological polar surface area (TPSA) is 107 Å². The van der Waals surface area contributed by atoms with Gasteiger partial charge in [0.2, 0.25) is 10.0 Å². The molecule has 0 fully saturated rings. The van der Waals surface area contributed by atoms with Gasteiger partial charge in [0.25, 0.3) is 0 Å². The molecule has 2 aromatic heterocycles. The first-order valence-electron chi connectivity index (χ1n) is 9.63. The van der Waals surface area contributed by atoms with Gasteiger partial charge in [-0.15, -0.1) is 10.2 Å². The van der Waals surface area contributed by atoms with E-state index < -0.39 is 10.0 Å². The summed E-state index contributed by atoms with van der Waals surface area (Å²) in [4.78, 5) is 0.0728. The summed E-state index contributed by atoms with van der Waals surface area (Å²) < 4.78 is 40.7. The van der Waals surface area contributed by atoms with Crippen molar-refractivity contribution in [1.82, 2.24) is 19.5 Å². The molecule has 0 aliphatic heterocycles. The van der Waals surface area contributed by atoms with E-state index in [1.165, 1.54) is 6.07 Å². The number of rotatable bonds is 11. The van der Waals surface area contributed by atoms with Crippen LogP contribution < -0.4 is 19.5 Å². The van der Waals surface area contributed by atoms with E-state index in [-0.39, 0.29) is 17.2 Å². The van der Waals surface area contributed by atoms with Crippen molar-refractivity contribution in [3.05, 3.63) is 54.9 Å². The molecule has 9 nitrogen and oxygen atoms in total. The van der Waals surface area contributed by atoms with Crippen molar-refractivity contribution in [1.29, 1.82) is 0 Å². The largest absolute Gasteiger partial charge is 0.494 e. The minimum absolute atomic E-state index is 0.0728. The molecule has 0 saturated heterocycles. The Kier molecular flexibility index (Phi) is 7.26. The summed E-state index contributed by atoms with van der Waals surface area (Å²) in [7, 11) is -3.75. The van der Waals surface area contributed by atoms with Gasteiger partial charge in [0, 0.05) is 31.5 Å². The van der Waals surface area contributed by atoms with Crippen LogP contribution in [0.5, 0.6) is 11.5 Å². The number of sulfonamides is 1. The molecule has 160 valence electrons. The van der Waals surface area contributed by atoms with Crippen LogP contribution in [0.3, 0.4) is 0 Å². The number of benzene rings is 1. The van der Waals surface area contributed by atoms with Gasteiger partial charge in [0.15, 0.2) is 5.82 Å². The zero-order chi connectivity index (χ0) is 21.4. The van der Waals surface area contributed by atoms with Gasteiger partial charge in [0.1, 0.15) is 22.2 Å². The maximum absolute atomic E-state index is 12.7. The first-order chi connectivity index (χ1) is 14.5. The van der Waals surface area contributed by atoms with Crippen LogP contribution >= 0.6 is 0 Å². The third-order valence-corrected chi connectivity index (χ3v) is 5.56. The highest BCUT2D eigenvalue weighted by Gasteiger charge is 2.20. The Labute approximate surface area is 176 Å². The fourth-order valence-electron chi connectivity index (χ4n) is 2.73. The van der Waals surface area contributed by atoms with Gasteiger partial charge in [-0.25, -0.2) is 13.1 Å². The molecule has 3 aromatic rings. The van der Waals surface area contributed by atoms with Crippen molar-refractivity contribution < 1.29 is 17.9 Å². The van der Waals surface area contributed by atoms with Crippen LogP contribution in [0.1, 0.15) is 13.8 Å². The molecule has 2 N–H and O–H groups in total. The van der Waals surface area contributed by atoms with Gasteiger partial charge in [-0.1, -0.05) is 0 Å². The molecule has 10 heteroatoms. The Morgan fingerprint density at radius 2 is 1.73 bits per heavy atom. The first-order valence-corrected chi connectivity index (χ1v) is 11.1. The summed E-state index contributed by atoms with van der Waals surface area (Å²) in [6.07, 6.45) is 3.76. The molecule has 1 aromatic carbocycles. The second-order valence-electron chi connectivity index (χ2n) is 6.17. The van der Waals surface area contributed by atoms with E-state index in [9.17, 15) is 8.42 Å². The molecule has 0 aliphatic carbocycles. The maximum Gasteiger partial charge on any atom is 0.244 e.